The number of hydrogen-bond acceptors (Lipinski definition) is 5. The van der Waals surface area contributed by atoms with Gasteiger partial charge in [-0.25, -0.2) is 13.1 Å². The molecule has 1 aromatic heterocycles. The lowest BCUT2D eigenvalue weighted by Gasteiger charge is -2.16. The van der Waals surface area contributed by atoms with Crippen LogP contribution in [-0.2, 0) is 21.3 Å². The average molecular weight is 304 g/mol. The highest BCUT2D eigenvalue weighted by molar-refractivity contribution is 7.91. The van der Waals surface area contributed by atoms with E-state index in [-0.39, 0.29) is 12.0 Å². The third-order valence-electron chi connectivity index (χ3n) is 3.41. The molecule has 1 aliphatic heterocycles. The van der Waals surface area contributed by atoms with E-state index in [1.54, 1.807) is 11.4 Å². The molecule has 0 saturated carbocycles. The predicted molar refractivity (Wildman–Crippen MR) is 75.5 cm³/mol. The molecule has 2 atom stereocenters. The van der Waals surface area contributed by atoms with Crippen LogP contribution in [0.4, 0.5) is 0 Å². The Kier molecular flexibility index (Phi) is 4.97. The Labute approximate surface area is 118 Å². The molecular formula is C12H20N2O3S2. The average Bonchev–Trinajstić information content (AvgIpc) is 3.05. The number of hydrogen-bond donors (Lipinski definition) is 2. The molecule has 1 aliphatic rings. The first kappa shape index (κ1) is 14.9. The Hall–Kier alpha value is -0.470. The molecule has 1 fully saturated rings. The molecular weight excluding hydrogens is 284 g/mol. The van der Waals surface area contributed by atoms with Crippen LogP contribution in [0.25, 0.3) is 0 Å². The van der Waals surface area contributed by atoms with Crippen LogP contribution in [0, 0.1) is 5.92 Å². The lowest BCUT2D eigenvalue weighted by molar-refractivity contribution is 0.0884. The molecule has 1 saturated heterocycles. The Morgan fingerprint density at radius 2 is 2.37 bits per heavy atom. The van der Waals surface area contributed by atoms with Crippen LogP contribution in [0.1, 0.15) is 25.3 Å². The second kappa shape index (κ2) is 6.32. The van der Waals surface area contributed by atoms with E-state index in [9.17, 15) is 8.42 Å². The Morgan fingerprint density at radius 3 is 3.00 bits per heavy atom. The predicted octanol–water partition coefficient (Wildman–Crippen LogP) is 1.30. The molecule has 108 valence electrons. The summed E-state index contributed by atoms with van der Waals surface area (Å²) >= 11 is 1.21. The van der Waals surface area contributed by atoms with Gasteiger partial charge in [0.2, 0.25) is 10.0 Å². The molecule has 0 spiro atoms. The van der Waals surface area contributed by atoms with Crippen LogP contribution < -0.4 is 10.5 Å². The van der Waals surface area contributed by atoms with E-state index in [0.29, 0.717) is 17.3 Å². The van der Waals surface area contributed by atoms with E-state index in [2.05, 4.69) is 11.6 Å². The molecule has 0 radical (unpaired) electrons. The third kappa shape index (κ3) is 3.55. The van der Waals surface area contributed by atoms with Crippen molar-refractivity contribution in [2.45, 2.75) is 36.6 Å². The normalized spacial score (nSPS) is 23.9. The van der Waals surface area contributed by atoms with Crippen LogP contribution in [0.5, 0.6) is 0 Å². The maximum Gasteiger partial charge on any atom is 0.250 e. The Balaban J connectivity index is 1.97. The number of rotatable bonds is 6. The fourth-order valence-electron chi connectivity index (χ4n) is 2.27. The number of sulfonamides is 1. The lowest BCUT2D eigenvalue weighted by atomic mass is 10.0. The van der Waals surface area contributed by atoms with Gasteiger partial charge in [-0.15, -0.1) is 11.3 Å². The number of thiophene rings is 1. The van der Waals surface area contributed by atoms with Gasteiger partial charge in [0.25, 0.3) is 0 Å². The maximum absolute atomic E-state index is 12.1. The number of ether oxygens (including phenoxy) is 1. The SMILES string of the molecule is CCC1OCCC1CNS(=O)(=O)c1cc(CN)cs1. The standard InChI is InChI=1S/C12H20N2O3S2/c1-2-11-10(3-4-17-11)7-14-19(15,16)12-5-9(6-13)8-18-12/h5,8,10-11,14H,2-4,6-7,13H2,1H3. The summed E-state index contributed by atoms with van der Waals surface area (Å²) in [7, 11) is -3.41. The summed E-state index contributed by atoms with van der Waals surface area (Å²) in [5.41, 5.74) is 6.34. The zero-order chi connectivity index (χ0) is 13.9. The quantitative estimate of drug-likeness (QED) is 0.830. The second-order valence-electron chi connectivity index (χ2n) is 4.70. The Morgan fingerprint density at radius 1 is 1.58 bits per heavy atom. The molecule has 2 heterocycles. The van der Waals surface area contributed by atoms with Crippen molar-refractivity contribution in [1.82, 2.24) is 4.72 Å². The first-order valence-electron chi connectivity index (χ1n) is 6.45. The van der Waals surface area contributed by atoms with Crippen LogP contribution in [0.2, 0.25) is 0 Å². The van der Waals surface area contributed by atoms with Crippen molar-refractivity contribution >= 4 is 21.4 Å². The van der Waals surface area contributed by atoms with E-state index in [0.717, 1.165) is 25.0 Å². The summed E-state index contributed by atoms with van der Waals surface area (Å²) in [5.74, 6) is 0.272. The van der Waals surface area contributed by atoms with Gasteiger partial charge in [-0.1, -0.05) is 6.92 Å². The van der Waals surface area contributed by atoms with E-state index in [1.807, 2.05) is 0 Å². The number of nitrogens with two attached hydrogens (primary N) is 1. The minimum atomic E-state index is -3.41. The monoisotopic (exact) mass is 304 g/mol. The van der Waals surface area contributed by atoms with Gasteiger partial charge in [0.05, 0.1) is 6.10 Å². The molecule has 3 N–H and O–H groups in total. The van der Waals surface area contributed by atoms with Gasteiger partial charge in [0.15, 0.2) is 0 Å². The molecule has 5 nitrogen and oxygen atoms in total. The molecule has 0 bridgehead atoms. The smallest absolute Gasteiger partial charge is 0.250 e. The van der Waals surface area contributed by atoms with Gasteiger partial charge in [0.1, 0.15) is 4.21 Å². The van der Waals surface area contributed by atoms with Crippen LogP contribution >= 0.6 is 11.3 Å². The summed E-state index contributed by atoms with van der Waals surface area (Å²) in [6.07, 6.45) is 2.01. The molecule has 7 heteroatoms. The van der Waals surface area contributed by atoms with Crippen molar-refractivity contribution in [2.24, 2.45) is 11.7 Å². The van der Waals surface area contributed by atoms with Crippen molar-refractivity contribution in [2.75, 3.05) is 13.2 Å². The van der Waals surface area contributed by atoms with Crippen molar-refractivity contribution in [3.8, 4) is 0 Å². The zero-order valence-electron chi connectivity index (χ0n) is 11.0. The topological polar surface area (TPSA) is 81.4 Å². The fourth-order valence-corrected chi connectivity index (χ4v) is 4.63. The van der Waals surface area contributed by atoms with E-state index >= 15 is 0 Å². The van der Waals surface area contributed by atoms with Crippen LogP contribution in [0.3, 0.4) is 0 Å². The largest absolute Gasteiger partial charge is 0.378 e. The second-order valence-corrected chi connectivity index (χ2v) is 7.60. The minimum absolute atomic E-state index is 0.172. The molecule has 0 aromatic carbocycles. The molecule has 19 heavy (non-hydrogen) atoms. The summed E-state index contributed by atoms with van der Waals surface area (Å²) in [4.78, 5) is 0. The molecule has 2 rings (SSSR count). The maximum atomic E-state index is 12.1. The summed E-state index contributed by atoms with van der Waals surface area (Å²) in [6, 6.07) is 1.63. The highest BCUT2D eigenvalue weighted by Gasteiger charge is 2.28. The molecule has 0 amide bonds. The summed E-state index contributed by atoms with van der Waals surface area (Å²) in [6.45, 7) is 3.59. The van der Waals surface area contributed by atoms with E-state index in [4.69, 9.17) is 10.5 Å². The first-order valence-corrected chi connectivity index (χ1v) is 8.82. The van der Waals surface area contributed by atoms with Gasteiger partial charge in [-0.3, -0.25) is 0 Å². The highest BCUT2D eigenvalue weighted by atomic mass is 32.2. The third-order valence-corrected chi connectivity index (χ3v) is 6.33. The van der Waals surface area contributed by atoms with Gasteiger partial charge in [0, 0.05) is 25.6 Å². The fraction of sp³-hybridized carbons (Fsp3) is 0.667. The van der Waals surface area contributed by atoms with Crippen molar-refractivity contribution in [1.29, 1.82) is 0 Å². The Bertz CT molecular complexity index is 513. The zero-order valence-corrected chi connectivity index (χ0v) is 12.6. The van der Waals surface area contributed by atoms with Gasteiger partial charge >= 0.3 is 0 Å². The van der Waals surface area contributed by atoms with Crippen molar-refractivity contribution in [3.63, 3.8) is 0 Å². The first-order chi connectivity index (χ1) is 9.06. The van der Waals surface area contributed by atoms with Crippen LogP contribution in [0.15, 0.2) is 15.7 Å². The van der Waals surface area contributed by atoms with E-state index < -0.39 is 10.0 Å². The van der Waals surface area contributed by atoms with E-state index in [1.165, 1.54) is 11.3 Å². The van der Waals surface area contributed by atoms with Crippen molar-refractivity contribution < 1.29 is 13.2 Å². The van der Waals surface area contributed by atoms with Gasteiger partial charge in [-0.05, 0) is 29.9 Å². The lowest BCUT2D eigenvalue weighted by Crippen LogP contribution is -2.32. The number of nitrogens with one attached hydrogen (secondary N) is 1. The molecule has 1 aromatic rings. The van der Waals surface area contributed by atoms with Crippen molar-refractivity contribution in [3.05, 3.63) is 17.0 Å². The van der Waals surface area contributed by atoms with Crippen LogP contribution in [-0.4, -0.2) is 27.7 Å². The van der Waals surface area contributed by atoms with Gasteiger partial charge in [-0.2, -0.15) is 0 Å². The minimum Gasteiger partial charge on any atom is -0.378 e. The highest BCUT2D eigenvalue weighted by Crippen LogP contribution is 2.24. The van der Waals surface area contributed by atoms with Gasteiger partial charge < -0.3 is 10.5 Å². The summed E-state index contributed by atoms with van der Waals surface area (Å²) in [5, 5.41) is 1.78. The summed E-state index contributed by atoms with van der Waals surface area (Å²) < 4.78 is 32.8. The molecule has 0 aliphatic carbocycles. The molecule has 2 unspecified atom stereocenters.